The third kappa shape index (κ3) is 3.69. The van der Waals surface area contributed by atoms with Crippen molar-refractivity contribution in [2.75, 3.05) is 26.8 Å². The second kappa shape index (κ2) is 7.06. The Morgan fingerprint density at radius 1 is 1.25 bits per heavy atom. The predicted octanol–water partition coefficient (Wildman–Crippen LogP) is -0.400. The molecule has 0 aromatic carbocycles. The summed E-state index contributed by atoms with van der Waals surface area (Å²) in [6, 6.07) is 0. The summed E-state index contributed by atoms with van der Waals surface area (Å²) in [6.07, 6.45) is 3.40. The van der Waals surface area contributed by atoms with E-state index in [-0.39, 0.29) is 12.5 Å². The summed E-state index contributed by atoms with van der Waals surface area (Å²) in [5.74, 6) is -0.125. The van der Waals surface area contributed by atoms with Gasteiger partial charge in [0.1, 0.15) is 6.61 Å². The van der Waals surface area contributed by atoms with Crippen molar-refractivity contribution in [2.45, 2.75) is 19.3 Å². The number of carbonyl (C=O) groups is 1. The van der Waals surface area contributed by atoms with Gasteiger partial charge in [-0.1, -0.05) is 0 Å². The Morgan fingerprint density at radius 3 is 2.17 bits per heavy atom. The highest BCUT2D eigenvalue weighted by atomic mass is 16.3. The van der Waals surface area contributed by atoms with Crippen molar-refractivity contribution in [1.29, 1.82) is 0 Å². The predicted molar refractivity (Wildman–Crippen MR) is 45.7 cm³/mol. The first kappa shape index (κ1) is 11.4. The summed E-state index contributed by atoms with van der Waals surface area (Å²) in [4.78, 5) is 12.6. The molecule has 4 heteroatoms. The number of carbonyl (C=O) groups excluding carboxylic acids is 1. The van der Waals surface area contributed by atoms with Crippen molar-refractivity contribution in [1.82, 2.24) is 4.90 Å². The maximum absolute atomic E-state index is 10.8. The number of likely N-dealkylation sites (tertiary alicyclic amines) is 1. The topological polar surface area (TPSA) is 60.8 Å². The van der Waals surface area contributed by atoms with Crippen LogP contribution >= 0.6 is 0 Å². The lowest BCUT2D eigenvalue weighted by atomic mass is 10.1. The maximum atomic E-state index is 10.8. The molecule has 2 N–H and O–H groups in total. The molecule has 1 heterocycles. The molecule has 0 aromatic rings. The molecular formula is C8H17NO3. The van der Waals surface area contributed by atoms with Crippen molar-refractivity contribution in [3.63, 3.8) is 0 Å². The number of aliphatic hydroxyl groups is 2. The van der Waals surface area contributed by atoms with E-state index in [0.29, 0.717) is 0 Å². The minimum atomic E-state index is -0.333. The van der Waals surface area contributed by atoms with E-state index >= 15 is 0 Å². The summed E-state index contributed by atoms with van der Waals surface area (Å²) in [5.41, 5.74) is 0. The van der Waals surface area contributed by atoms with Crippen molar-refractivity contribution < 1.29 is 15.0 Å². The standard InChI is InChI=1S/C7H13NO2.CH4O/c9-6-7(10)8-4-2-1-3-5-8;1-2/h9H,1-6H2;2H,1H3. The van der Waals surface area contributed by atoms with Crippen molar-refractivity contribution >= 4 is 5.91 Å². The largest absolute Gasteiger partial charge is 0.400 e. The van der Waals surface area contributed by atoms with Crippen LogP contribution in [0.5, 0.6) is 0 Å². The van der Waals surface area contributed by atoms with Crippen LogP contribution in [0.4, 0.5) is 0 Å². The molecule has 0 radical (unpaired) electrons. The molecule has 1 rings (SSSR count). The van der Waals surface area contributed by atoms with E-state index < -0.39 is 0 Å². The molecule has 0 aromatic heterocycles. The Balaban J connectivity index is 0.000000561. The molecule has 1 amide bonds. The quantitative estimate of drug-likeness (QED) is 0.570. The summed E-state index contributed by atoms with van der Waals surface area (Å²) in [7, 11) is 1.00. The monoisotopic (exact) mass is 175 g/mol. The molecule has 4 nitrogen and oxygen atoms in total. The number of nitrogens with zero attached hydrogens (tertiary/aromatic N) is 1. The van der Waals surface area contributed by atoms with Crippen LogP contribution in [-0.4, -0.2) is 47.8 Å². The normalized spacial score (nSPS) is 16.4. The van der Waals surface area contributed by atoms with Gasteiger partial charge in [-0.2, -0.15) is 0 Å². The van der Waals surface area contributed by atoms with Gasteiger partial charge in [0.25, 0.3) is 0 Å². The lowest BCUT2D eigenvalue weighted by Crippen LogP contribution is -2.37. The van der Waals surface area contributed by atoms with E-state index in [1.54, 1.807) is 4.90 Å². The first-order valence-corrected chi connectivity index (χ1v) is 4.18. The summed E-state index contributed by atoms with van der Waals surface area (Å²) >= 11 is 0. The zero-order valence-electron chi connectivity index (χ0n) is 7.49. The molecule has 0 aliphatic carbocycles. The van der Waals surface area contributed by atoms with E-state index in [1.807, 2.05) is 0 Å². The fraction of sp³-hybridized carbons (Fsp3) is 0.875. The third-order valence-corrected chi connectivity index (χ3v) is 1.84. The minimum absolute atomic E-state index is 0.125. The number of hydrogen-bond acceptors (Lipinski definition) is 3. The van der Waals surface area contributed by atoms with E-state index in [1.165, 1.54) is 6.42 Å². The molecule has 1 aliphatic rings. The second-order valence-corrected chi connectivity index (χ2v) is 2.60. The van der Waals surface area contributed by atoms with Crippen LogP contribution in [0.1, 0.15) is 19.3 Å². The number of piperidine rings is 1. The SMILES string of the molecule is CO.O=C(CO)N1CCCCC1. The highest BCUT2D eigenvalue weighted by Gasteiger charge is 2.14. The average Bonchev–Trinajstić information content (AvgIpc) is 2.21. The van der Waals surface area contributed by atoms with Gasteiger partial charge in [0, 0.05) is 20.2 Å². The Bertz CT molecular complexity index is 121. The summed E-state index contributed by atoms with van der Waals surface area (Å²) < 4.78 is 0. The fourth-order valence-electron chi connectivity index (χ4n) is 1.24. The van der Waals surface area contributed by atoms with Crippen molar-refractivity contribution in [3.8, 4) is 0 Å². The average molecular weight is 175 g/mol. The minimum Gasteiger partial charge on any atom is -0.400 e. The van der Waals surface area contributed by atoms with E-state index in [2.05, 4.69) is 0 Å². The van der Waals surface area contributed by atoms with Gasteiger partial charge < -0.3 is 15.1 Å². The van der Waals surface area contributed by atoms with Crippen molar-refractivity contribution in [3.05, 3.63) is 0 Å². The van der Waals surface area contributed by atoms with Crippen LogP contribution in [0.15, 0.2) is 0 Å². The zero-order chi connectivity index (χ0) is 9.40. The molecule has 0 spiro atoms. The van der Waals surface area contributed by atoms with Crippen molar-refractivity contribution in [2.24, 2.45) is 0 Å². The Morgan fingerprint density at radius 2 is 1.75 bits per heavy atom. The van der Waals surface area contributed by atoms with Gasteiger partial charge in [0.15, 0.2) is 0 Å². The highest BCUT2D eigenvalue weighted by molar-refractivity contribution is 5.77. The number of aliphatic hydroxyl groups excluding tert-OH is 2. The molecule has 1 fully saturated rings. The van der Waals surface area contributed by atoms with Crippen LogP contribution in [0.3, 0.4) is 0 Å². The van der Waals surface area contributed by atoms with Gasteiger partial charge in [-0.3, -0.25) is 4.79 Å². The fourth-order valence-corrected chi connectivity index (χ4v) is 1.24. The first-order chi connectivity index (χ1) is 5.84. The lowest BCUT2D eigenvalue weighted by Gasteiger charge is -2.25. The summed E-state index contributed by atoms with van der Waals surface area (Å²) in [5, 5.41) is 15.5. The molecule has 1 saturated heterocycles. The van der Waals surface area contributed by atoms with Crippen LogP contribution < -0.4 is 0 Å². The van der Waals surface area contributed by atoms with Gasteiger partial charge in [0.2, 0.25) is 5.91 Å². The van der Waals surface area contributed by atoms with E-state index in [0.717, 1.165) is 33.0 Å². The van der Waals surface area contributed by atoms with Crippen LogP contribution in [-0.2, 0) is 4.79 Å². The molecule has 12 heavy (non-hydrogen) atoms. The number of rotatable bonds is 1. The third-order valence-electron chi connectivity index (χ3n) is 1.84. The van der Waals surface area contributed by atoms with Crippen LogP contribution in [0.2, 0.25) is 0 Å². The van der Waals surface area contributed by atoms with E-state index in [4.69, 9.17) is 10.2 Å². The highest BCUT2D eigenvalue weighted by Crippen LogP contribution is 2.07. The molecule has 0 unspecified atom stereocenters. The molecule has 0 saturated carbocycles. The van der Waals surface area contributed by atoms with Crippen LogP contribution in [0.25, 0.3) is 0 Å². The smallest absolute Gasteiger partial charge is 0.248 e. The molecule has 0 atom stereocenters. The summed E-state index contributed by atoms with van der Waals surface area (Å²) in [6.45, 7) is 1.33. The Kier molecular flexibility index (Phi) is 6.70. The molecular weight excluding hydrogens is 158 g/mol. The number of hydrogen-bond donors (Lipinski definition) is 2. The van der Waals surface area contributed by atoms with Crippen LogP contribution in [0, 0.1) is 0 Å². The number of amides is 1. The first-order valence-electron chi connectivity index (χ1n) is 4.18. The molecule has 0 bridgehead atoms. The lowest BCUT2D eigenvalue weighted by molar-refractivity contribution is -0.135. The van der Waals surface area contributed by atoms with Gasteiger partial charge in [-0.15, -0.1) is 0 Å². The molecule has 72 valence electrons. The van der Waals surface area contributed by atoms with E-state index in [9.17, 15) is 4.79 Å². The van der Waals surface area contributed by atoms with Gasteiger partial charge >= 0.3 is 0 Å². The van der Waals surface area contributed by atoms with Gasteiger partial charge in [-0.25, -0.2) is 0 Å². The van der Waals surface area contributed by atoms with Gasteiger partial charge in [-0.05, 0) is 19.3 Å². The zero-order valence-corrected chi connectivity index (χ0v) is 7.49. The Hall–Kier alpha value is -0.610. The van der Waals surface area contributed by atoms with Gasteiger partial charge in [0.05, 0.1) is 0 Å². The maximum Gasteiger partial charge on any atom is 0.248 e. The molecule has 1 aliphatic heterocycles. The Labute approximate surface area is 72.8 Å². The second-order valence-electron chi connectivity index (χ2n) is 2.60.